The molecule has 0 spiro atoms. The van der Waals surface area contributed by atoms with Crippen LogP contribution in [0.1, 0.15) is 29.3 Å². The van der Waals surface area contributed by atoms with E-state index >= 15 is 0 Å². The van der Waals surface area contributed by atoms with Crippen LogP contribution in [0.15, 0.2) is 47.3 Å². The normalized spacial score (nSPS) is 11.4. The van der Waals surface area contributed by atoms with Crippen LogP contribution in [0.2, 0.25) is 0 Å². The van der Waals surface area contributed by atoms with Gasteiger partial charge in [-0.15, -0.1) is 0 Å². The Morgan fingerprint density at radius 1 is 1.15 bits per heavy atom. The molecular formula is C22H18N4O. The van der Waals surface area contributed by atoms with Crippen molar-refractivity contribution in [3.05, 3.63) is 75.2 Å². The minimum atomic E-state index is -0.457. The molecule has 132 valence electrons. The van der Waals surface area contributed by atoms with Gasteiger partial charge in [0.05, 0.1) is 5.69 Å². The third kappa shape index (κ3) is 2.72. The summed E-state index contributed by atoms with van der Waals surface area (Å²) in [7, 11) is 0. The summed E-state index contributed by atoms with van der Waals surface area (Å²) in [4.78, 5) is 11.6. The van der Waals surface area contributed by atoms with Gasteiger partial charge in [-0.1, -0.05) is 30.3 Å². The first kappa shape index (κ1) is 16.8. The van der Waals surface area contributed by atoms with Crippen molar-refractivity contribution in [2.24, 2.45) is 0 Å². The topological polar surface area (TPSA) is 74.5 Å². The zero-order valence-corrected chi connectivity index (χ0v) is 15.2. The van der Waals surface area contributed by atoms with Crippen molar-refractivity contribution in [2.45, 2.75) is 20.4 Å². The van der Waals surface area contributed by atoms with Crippen LogP contribution in [0.3, 0.4) is 0 Å². The van der Waals surface area contributed by atoms with E-state index in [1.165, 1.54) is 21.8 Å². The van der Waals surface area contributed by atoms with Crippen LogP contribution < -0.4 is 5.56 Å². The predicted molar refractivity (Wildman–Crippen MR) is 108 cm³/mol. The molecule has 0 saturated heterocycles. The van der Waals surface area contributed by atoms with Crippen LogP contribution in [0.4, 0.5) is 0 Å². The van der Waals surface area contributed by atoms with Gasteiger partial charge in [0.25, 0.3) is 5.56 Å². The van der Waals surface area contributed by atoms with Gasteiger partial charge in [0.15, 0.2) is 0 Å². The molecule has 2 heterocycles. The number of nitrogens with one attached hydrogen (secondary N) is 1. The molecule has 5 heteroatoms. The highest BCUT2D eigenvalue weighted by Crippen LogP contribution is 2.30. The largest absolute Gasteiger partial charge is 0.341 e. The van der Waals surface area contributed by atoms with E-state index in [-0.39, 0.29) is 5.56 Å². The number of fused-ring (bicyclic) bond motifs is 3. The standard InChI is InChI=1S/C22H18N4O/c1-3-26-20-7-5-4-6-16(20)17-12-15(9-11-21(17)26)8-10-19-14(2)18(13-23)22(27)25-24-19/h4-12H,3H2,1-2H3,(H,25,27)/b10-8+. The lowest BCUT2D eigenvalue weighted by Gasteiger charge is -2.03. The second kappa shape index (κ2) is 6.58. The molecule has 0 amide bonds. The van der Waals surface area contributed by atoms with Crippen LogP contribution in [0, 0.1) is 18.3 Å². The zero-order chi connectivity index (χ0) is 19.0. The summed E-state index contributed by atoms with van der Waals surface area (Å²) in [6.07, 6.45) is 3.78. The first-order valence-corrected chi connectivity index (χ1v) is 8.82. The van der Waals surface area contributed by atoms with E-state index in [1.807, 2.05) is 18.2 Å². The van der Waals surface area contributed by atoms with E-state index in [2.05, 4.69) is 64.2 Å². The van der Waals surface area contributed by atoms with E-state index in [9.17, 15) is 4.79 Å². The number of H-pyrrole nitrogens is 1. The molecule has 0 unspecified atom stereocenters. The summed E-state index contributed by atoms with van der Waals surface area (Å²) in [5, 5.41) is 18.0. The molecule has 0 aliphatic heterocycles. The molecule has 5 nitrogen and oxygen atoms in total. The fourth-order valence-corrected chi connectivity index (χ4v) is 3.54. The van der Waals surface area contributed by atoms with Crippen LogP contribution >= 0.6 is 0 Å². The summed E-state index contributed by atoms with van der Waals surface area (Å²) in [6, 6.07) is 16.7. The van der Waals surface area contributed by atoms with E-state index in [0.717, 1.165) is 12.1 Å². The number of nitriles is 1. The molecule has 4 aromatic rings. The second-order valence-electron chi connectivity index (χ2n) is 6.42. The molecule has 0 aliphatic rings. The molecule has 0 fully saturated rings. The van der Waals surface area contributed by atoms with E-state index in [1.54, 1.807) is 6.92 Å². The van der Waals surface area contributed by atoms with E-state index in [4.69, 9.17) is 5.26 Å². The lowest BCUT2D eigenvalue weighted by atomic mass is 10.1. The Kier molecular flexibility index (Phi) is 4.09. The third-order valence-corrected chi connectivity index (χ3v) is 4.92. The summed E-state index contributed by atoms with van der Waals surface area (Å²) in [6.45, 7) is 4.80. The van der Waals surface area contributed by atoms with Crippen molar-refractivity contribution in [3.8, 4) is 6.07 Å². The van der Waals surface area contributed by atoms with Crippen molar-refractivity contribution in [3.63, 3.8) is 0 Å². The lowest BCUT2D eigenvalue weighted by Crippen LogP contribution is -2.15. The number of hydrogen-bond donors (Lipinski definition) is 1. The van der Waals surface area contributed by atoms with Gasteiger partial charge in [-0.2, -0.15) is 10.4 Å². The highest BCUT2D eigenvalue weighted by Gasteiger charge is 2.10. The highest BCUT2D eigenvalue weighted by molar-refractivity contribution is 6.08. The fraction of sp³-hybridized carbons (Fsp3) is 0.136. The number of para-hydroxylation sites is 1. The molecule has 0 saturated carbocycles. The van der Waals surface area contributed by atoms with Gasteiger partial charge in [-0.3, -0.25) is 4.79 Å². The number of hydrogen-bond acceptors (Lipinski definition) is 3. The van der Waals surface area contributed by atoms with Gasteiger partial charge >= 0.3 is 0 Å². The van der Waals surface area contributed by atoms with Gasteiger partial charge in [-0.05, 0) is 49.2 Å². The molecule has 0 bridgehead atoms. The summed E-state index contributed by atoms with van der Waals surface area (Å²) >= 11 is 0. The maximum absolute atomic E-state index is 11.6. The minimum Gasteiger partial charge on any atom is -0.341 e. The first-order valence-electron chi connectivity index (χ1n) is 8.82. The van der Waals surface area contributed by atoms with Crippen LogP contribution in [-0.2, 0) is 6.54 Å². The SMILES string of the molecule is CCn1c2ccccc2c2cc(/C=C/c3n[nH]c(=O)c(C#N)c3C)ccc21. The highest BCUT2D eigenvalue weighted by atomic mass is 16.1. The van der Waals surface area contributed by atoms with Gasteiger partial charge in [0.2, 0.25) is 0 Å². The fourth-order valence-electron chi connectivity index (χ4n) is 3.54. The third-order valence-electron chi connectivity index (χ3n) is 4.92. The molecule has 0 aliphatic carbocycles. The predicted octanol–water partition coefficient (Wildman–Crippen LogP) is 4.25. The maximum Gasteiger partial charge on any atom is 0.282 e. The van der Waals surface area contributed by atoms with Crippen LogP contribution in [-0.4, -0.2) is 14.8 Å². The first-order chi connectivity index (χ1) is 13.1. The average Bonchev–Trinajstić information content (AvgIpc) is 3.01. The lowest BCUT2D eigenvalue weighted by molar-refractivity contribution is 0.827. The molecular weight excluding hydrogens is 336 g/mol. The number of benzene rings is 2. The molecule has 1 N–H and O–H groups in total. The molecule has 0 atom stereocenters. The molecule has 4 rings (SSSR count). The van der Waals surface area contributed by atoms with Crippen molar-refractivity contribution in [2.75, 3.05) is 0 Å². The Labute approximate surface area is 156 Å². The van der Waals surface area contributed by atoms with Crippen molar-refractivity contribution >= 4 is 34.0 Å². The van der Waals surface area contributed by atoms with Gasteiger partial charge < -0.3 is 4.57 Å². The number of nitrogens with zero attached hydrogens (tertiary/aromatic N) is 3. The maximum atomic E-state index is 11.6. The Bertz CT molecular complexity index is 1300. The summed E-state index contributed by atoms with van der Waals surface area (Å²) in [5.74, 6) is 0. The summed E-state index contributed by atoms with van der Waals surface area (Å²) < 4.78 is 2.31. The number of aromatic amines is 1. The molecule has 0 radical (unpaired) electrons. The van der Waals surface area contributed by atoms with Gasteiger partial charge in [-0.25, -0.2) is 5.10 Å². The van der Waals surface area contributed by atoms with Crippen LogP contribution in [0.25, 0.3) is 34.0 Å². The summed E-state index contributed by atoms with van der Waals surface area (Å²) in [5.41, 5.74) is 4.29. The smallest absolute Gasteiger partial charge is 0.282 e. The number of aryl methyl sites for hydroxylation is 1. The molecule has 27 heavy (non-hydrogen) atoms. The number of aromatic nitrogens is 3. The van der Waals surface area contributed by atoms with E-state index < -0.39 is 5.56 Å². The molecule has 2 aromatic heterocycles. The van der Waals surface area contributed by atoms with Crippen LogP contribution in [0.5, 0.6) is 0 Å². The van der Waals surface area contributed by atoms with E-state index in [0.29, 0.717) is 11.3 Å². The number of rotatable bonds is 3. The van der Waals surface area contributed by atoms with Crippen molar-refractivity contribution in [1.82, 2.24) is 14.8 Å². The zero-order valence-electron chi connectivity index (χ0n) is 15.2. The minimum absolute atomic E-state index is 0.103. The Morgan fingerprint density at radius 2 is 1.93 bits per heavy atom. The monoisotopic (exact) mass is 354 g/mol. The van der Waals surface area contributed by atoms with Crippen molar-refractivity contribution in [1.29, 1.82) is 5.26 Å². The Balaban J connectivity index is 1.82. The second-order valence-corrected chi connectivity index (χ2v) is 6.42. The van der Waals surface area contributed by atoms with Crippen molar-refractivity contribution < 1.29 is 0 Å². The Hall–Kier alpha value is -3.65. The quantitative estimate of drug-likeness (QED) is 0.598. The molecule has 2 aromatic carbocycles. The Morgan fingerprint density at radius 3 is 2.70 bits per heavy atom. The average molecular weight is 354 g/mol. The van der Waals surface area contributed by atoms with Gasteiger partial charge in [0, 0.05) is 28.4 Å². The van der Waals surface area contributed by atoms with Gasteiger partial charge in [0.1, 0.15) is 11.6 Å².